The molecule has 0 saturated carbocycles. The first-order valence-electron chi connectivity index (χ1n) is 5.96. The Morgan fingerprint density at radius 1 is 1.19 bits per heavy atom. The van der Waals surface area contributed by atoms with Crippen LogP contribution in [0.25, 0.3) is 0 Å². The predicted molar refractivity (Wildman–Crippen MR) is 79.8 cm³/mol. The monoisotopic (exact) mass is 327 g/mol. The normalized spacial score (nSPS) is 10.4. The molecular formula is C14H11Cl2NO4. The lowest BCUT2D eigenvalue weighted by Gasteiger charge is -2.09. The number of ether oxygens (including phenoxy) is 1. The lowest BCUT2D eigenvalue weighted by atomic mass is 10.2. The van der Waals surface area contributed by atoms with Gasteiger partial charge in [0.25, 0.3) is 0 Å². The maximum absolute atomic E-state index is 11.0. The minimum Gasteiger partial charge on any atom is -0.482 e. The highest BCUT2D eigenvalue weighted by molar-refractivity contribution is 6.35. The summed E-state index contributed by atoms with van der Waals surface area (Å²) in [7, 11) is 0. The highest BCUT2D eigenvalue weighted by Gasteiger charge is 2.16. The number of halogens is 2. The van der Waals surface area contributed by atoms with Crippen LogP contribution in [-0.4, -0.2) is 10.0 Å². The van der Waals surface area contributed by atoms with Gasteiger partial charge in [-0.05, 0) is 29.8 Å². The highest BCUT2D eigenvalue weighted by Crippen LogP contribution is 2.30. The van der Waals surface area contributed by atoms with E-state index in [2.05, 4.69) is 0 Å². The average Bonchev–Trinajstić information content (AvgIpc) is 2.45. The van der Waals surface area contributed by atoms with Gasteiger partial charge in [0.1, 0.15) is 6.61 Å². The number of nitro benzene ring substituents is 1. The molecule has 5 nitrogen and oxygen atoms in total. The van der Waals surface area contributed by atoms with Crippen molar-refractivity contribution in [3.8, 4) is 5.75 Å². The van der Waals surface area contributed by atoms with E-state index in [1.807, 2.05) is 0 Å². The van der Waals surface area contributed by atoms with Gasteiger partial charge < -0.3 is 9.84 Å². The molecule has 2 rings (SSSR count). The van der Waals surface area contributed by atoms with Gasteiger partial charge in [-0.3, -0.25) is 10.1 Å². The molecule has 0 saturated heterocycles. The number of hydrogen-bond donors (Lipinski definition) is 1. The molecule has 0 unspecified atom stereocenters. The number of nitrogens with zero attached hydrogens (tertiary/aromatic N) is 1. The Bertz CT molecular complexity index is 676. The molecule has 21 heavy (non-hydrogen) atoms. The van der Waals surface area contributed by atoms with E-state index in [0.717, 1.165) is 0 Å². The summed E-state index contributed by atoms with van der Waals surface area (Å²) in [6.45, 7) is -0.165. The molecule has 2 aromatic carbocycles. The molecule has 0 amide bonds. The van der Waals surface area contributed by atoms with Gasteiger partial charge in [-0.1, -0.05) is 29.3 Å². The van der Waals surface area contributed by atoms with Crippen LogP contribution in [0.15, 0.2) is 36.4 Å². The van der Waals surface area contributed by atoms with Crippen LogP contribution < -0.4 is 4.74 Å². The quantitative estimate of drug-likeness (QED) is 0.666. The molecule has 0 aliphatic carbocycles. The lowest BCUT2D eigenvalue weighted by Crippen LogP contribution is -2.00. The maximum atomic E-state index is 11.0. The first kappa shape index (κ1) is 15.6. The van der Waals surface area contributed by atoms with Crippen molar-refractivity contribution in [1.82, 2.24) is 0 Å². The molecule has 110 valence electrons. The molecule has 0 aliphatic heterocycles. The summed E-state index contributed by atoms with van der Waals surface area (Å²) in [6, 6.07) is 9.12. The Labute approximate surface area is 130 Å². The first-order valence-corrected chi connectivity index (χ1v) is 6.71. The minimum absolute atomic E-state index is 0.0612. The molecule has 0 aromatic heterocycles. The number of hydrogen-bond acceptors (Lipinski definition) is 4. The topological polar surface area (TPSA) is 72.6 Å². The smallest absolute Gasteiger partial charge is 0.310 e. The van der Waals surface area contributed by atoms with Crippen LogP contribution in [0.2, 0.25) is 10.0 Å². The Hall–Kier alpha value is -1.82. The number of benzene rings is 2. The molecule has 2 aromatic rings. The zero-order chi connectivity index (χ0) is 15.4. The summed E-state index contributed by atoms with van der Waals surface area (Å²) in [5, 5.41) is 21.0. The zero-order valence-electron chi connectivity index (χ0n) is 10.8. The average molecular weight is 328 g/mol. The standard InChI is InChI=1S/C14H11Cl2NO4/c15-11-3-2-10(12(16)6-11)8-21-14-5-9(7-18)1-4-13(14)17(19)20/h1-6,18H,7-8H2. The molecule has 7 heteroatoms. The number of rotatable bonds is 5. The van der Waals surface area contributed by atoms with Crippen LogP contribution in [0.5, 0.6) is 5.75 Å². The Kier molecular flexibility index (Phi) is 5.01. The van der Waals surface area contributed by atoms with Crippen molar-refractivity contribution < 1.29 is 14.8 Å². The van der Waals surface area contributed by atoms with Gasteiger partial charge in [0.15, 0.2) is 5.75 Å². The lowest BCUT2D eigenvalue weighted by molar-refractivity contribution is -0.386. The molecule has 0 fully saturated rings. The molecular weight excluding hydrogens is 317 g/mol. The van der Waals surface area contributed by atoms with Crippen molar-refractivity contribution in [2.24, 2.45) is 0 Å². The van der Waals surface area contributed by atoms with E-state index in [9.17, 15) is 10.1 Å². The summed E-state index contributed by atoms with van der Waals surface area (Å²) in [5.74, 6) is 0.0811. The molecule has 0 spiro atoms. The summed E-state index contributed by atoms with van der Waals surface area (Å²) < 4.78 is 5.47. The van der Waals surface area contributed by atoms with Crippen molar-refractivity contribution >= 4 is 28.9 Å². The summed E-state index contributed by atoms with van der Waals surface area (Å²) in [6.07, 6.45) is 0. The molecule has 0 bridgehead atoms. The maximum Gasteiger partial charge on any atom is 0.310 e. The summed E-state index contributed by atoms with van der Waals surface area (Å²) >= 11 is 11.8. The van der Waals surface area contributed by atoms with Crippen LogP contribution in [0.4, 0.5) is 5.69 Å². The van der Waals surface area contributed by atoms with E-state index < -0.39 is 4.92 Å². The highest BCUT2D eigenvalue weighted by atomic mass is 35.5. The fraction of sp³-hybridized carbons (Fsp3) is 0.143. The van der Waals surface area contributed by atoms with E-state index in [1.165, 1.54) is 18.2 Å². The van der Waals surface area contributed by atoms with Crippen LogP contribution in [0.3, 0.4) is 0 Å². The number of aliphatic hydroxyl groups excluding tert-OH is 1. The van der Waals surface area contributed by atoms with Crippen molar-refractivity contribution in [1.29, 1.82) is 0 Å². The van der Waals surface area contributed by atoms with E-state index in [0.29, 0.717) is 21.2 Å². The second-order valence-corrected chi connectivity index (χ2v) is 5.09. The third-order valence-electron chi connectivity index (χ3n) is 2.80. The third-order valence-corrected chi connectivity index (χ3v) is 3.39. The van der Waals surface area contributed by atoms with Crippen LogP contribution in [0, 0.1) is 10.1 Å². The minimum atomic E-state index is -0.542. The van der Waals surface area contributed by atoms with Gasteiger partial charge in [0, 0.05) is 21.7 Å². The number of nitro groups is 1. The van der Waals surface area contributed by atoms with Crippen LogP contribution in [-0.2, 0) is 13.2 Å². The van der Waals surface area contributed by atoms with Gasteiger partial charge in [-0.2, -0.15) is 0 Å². The van der Waals surface area contributed by atoms with E-state index >= 15 is 0 Å². The summed E-state index contributed by atoms with van der Waals surface area (Å²) in [4.78, 5) is 10.4. The van der Waals surface area contributed by atoms with Crippen LogP contribution >= 0.6 is 23.2 Å². The zero-order valence-corrected chi connectivity index (χ0v) is 12.3. The van der Waals surface area contributed by atoms with E-state index in [4.69, 9.17) is 33.0 Å². The predicted octanol–water partition coefficient (Wildman–Crippen LogP) is 3.97. The van der Waals surface area contributed by atoms with Crippen molar-refractivity contribution in [2.45, 2.75) is 13.2 Å². The molecule has 0 heterocycles. The van der Waals surface area contributed by atoms with E-state index in [1.54, 1.807) is 18.2 Å². The van der Waals surface area contributed by atoms with Crippen LogP contribution in [0.1, 0.15) is 11.1 Å². The molecule has 1 N–H and O–H groups in total. The second-order valence-electron chi connectivity index (χ2n) is 4.24. The number of aliphatic hydroxyl groups is 1. The van der Waals surface area contributed by atoms with Gasteiger partial charge in [0.2, 0.25) is 0 Å². The van der Waals surface area contributed by atoms with E-state index in [-0.39, 0.29) is 24.7 Å². The largest absolute Gasteiger partial charge is 0.482 e. The molecule has 0 radical (unpaired) electrons. The fourth-order valence-corrected chi connectivity index (χ4v) is 2.18. The fourth-order valence-electron chi connectivity index (χ4n) is 1.72. The van der Waals surface area contributed by atoms with Gasteiger partial charge >= 0.3 is 5.69 Å². The Morgan fingerprint density at radius 2 is 1.95 bits per heavy atom. The summed E-state index contributed by atoms with van der Waals surface area (Å²) in [5.41, 5.74) is 1.01. The van der Waals surface area contributed by atoms with Crippen molar-refractivity contribution in [2.75, 3.05) is 0 Å². The SMILES string of the molecule is O=[N+]([O-])c1ccc(CO)cc1OCc1ccc(Cl)cc1Cl. The Balaban J connectivity index is 2.24. The van der Waals surface area contributed by atoms with Gasteiger partial charge in [0.05, 0.1) is 11.5 Å². The third kappa shape index (κ3) is 3.85. The molecule has 0 atom stereocenters. The van der Waals surface area contributed by atoms with Gasteiger partial charge in [-0.25, -0.2) is 0 Å². The Morgan fingerprint density at radius 3 is 2.57 bits per heavy atom. The second kappa shape index (κ2) is 6.76. The first-order chi connectivity index (χ1) is 10.0. The van der Waals surface area contributed by atoms with Gasteiger partial charge in [-0.15, -0.1) is 0 Å². The van der Waals surface area contributed by atoms with Crippen molar-refractivity contribution in [3.63, 3.8) is 0 Å². The van der Waals surface area contributed by atoms with Crippen molar-refractivity contribution in [3.05, 3.63) is 67.7 Å². The molecule has 0 aliphatic rings.